The standard InChI is InChI=1S/C24H25N3O6/c1-4-16(23(30)31)11-12-27-22(29)19-13-17(7-10-20(19)26(2)24(27)32)21(28)25-14-15-5-8-18(33-3)9-6-15/h5-11,13H,4,12,14H2,1-3H3,(H,25,28)(H,30,31). The van der Waals surface area contributed by atoms with Crippen LogP contribution in [0.2, 0.25) is 0 Å². The number of aryl methyl sites for hydroxylation is 1. The van der Waals surface area contributed by atoms with E-state index in [4.69, 9.17) is 4.74 Å². The van der Waals surface area contributed by atoms with Crippen LogP contribution in [0.5, 0.6) is 5.75 Å². The van der Waals surface area contributed by atoms with Crippen molar-refractivity contribution in [2.75, 3.05) is 7.11 Å². The van der Waals surface area contributed by atoms with Gasteiger partial charge in [0.25, 0.3) is 11.5 Å². The van der Waals surface area contributed by atoms with Crippen LogP contribution in [0.15, 0.2) is 63.7 Å². The summed E-state index contributed by atoms with van der Waals surface area (Å²) in [5.41, 5.74) is 0.484. The lowest BCUT2D eigenvalue weighted by Crippen LogP contribution is -2.39. The molecule has 0 radical (unpaired) electrons. The summed E-state index contributed by atoms with van der Waals surface area (Å²) in [7, 11) is 3.09. The molecule has 2 aromatic carbocycles. The van der Waals surface area contributed by atoms with Gasteiger partial charge in [-0.2, -0.15) is 0 Å². The average Bonchev–Trinajstić information content (AvgIpc) is 2.83. The molecule has 9 nitrogen and oxygen atoms in total. The van der Waals surface area contributed by atoms with E-state index >= 15 is 0 Å². The van der Waals surface area contributed by atoms with E-state index < -0.39 is 17.2 Å². The number of carboxylic acid groups (broad SMARTS) is 1. The second kappa shape index (κ2) is 9.99. The lowest BCUT2D eigenvalue weighted by molar-refractivity contribution is -0.132. The number of amides is 1. The summed E-state index contributed by atoms with van der Waals surface area (Å²) in [6.45, 7) is 1.79. The first-order valence-electron chi connectivity index (χ1n) is 10.3. The van der Waals surface area contributed by atoms with Crippen LogP contribution in [-0.4, -0.2) is 33.2 Å². The average molecular weight is 451 g/mol. The van der Waals surface area contributed by atoms with Crippen LogP contribution in [0.4, 0.5) is 0 Å². The van der Waals surface area contributed by atoms with Gasteiger partial charge in [-0.15, -0.1) is 0 Å². The molecule has 0 aliphatic rings. The maximum absolute atomic E-state index is 13.0. The van der Waals surface area contributed by atoms with Gasteiger partial charge >= 0.3 is 11.7 Å². The summed E-state index contributed by atoms with van der Waals surface area (Å²) in [6, 6.07) is 11.8. The quantitative estimate of drug-likeness (QED) is 0.506. The Labute approximate surface area is 189 Å². The third-order valence-corrected chi connectivity index (χ3v) is 5.40. The molecule has 0 atom stereocenters. The third-order valence-electron chi connectivity index (χ3n) is 5.40. The van der Waals surface area contributed by atoms with Crippen molar-refractivity contribution in [3.63, 3.8) is 0 Å². The molecule has 0 saturated heterocycles. The molecule has 0 bridgehead atoms. The number of hydrogen-bond acceptors (Lipinski definition) is 5. The molecule has 3 aromatic rings. The van der Waals surface area contributed by atoms with Gasteiger partial charge in [-0.3, -0.25) is 18.7 Å². The molecule has 172 valence electrons. The zero-order chi connectivity index (χ0) is 24.1. The van der Waals surface area contributed by atoms with E-state index in [1.807, 2.05) is 12.1 Å². The molecule has 0 saturated carbocycles. The highest BCUT2D eigenvalue weighted by atomic mass is 16.5. The summed E-state index contributed by atoms with van der Waals surface area (Å²) in [5, 5.41) is 12.2. The van der Waals surface area contributed by atoms with Crippen LogP contribution in [0, 0.1) is 0 Å². The number of nitrogens with zero attached hydrogens (tertiary/aromatic N) is 2. The predicted molar refractivity (Wildman–Crippen MR) is 124 cm³/mol. The van der Waals surface area contributed by atoms with Crippen LogP contribution >= 0.6 is 0 Å². The van der Waals surface area contributed by atoms with Gasteiger partial charge in [0, 0.05) is 31.3 Å². The second-order valence-electron chi connectivity index (χ2n) is 7.41. The maximum Gasteiger partial charge on any atom is 0.331 e. The fourth-order valence-electron chi connectivity index (χ4n) is 3.43. The van der Waals surface area contributed by atoms with Gasteiger partial charge < -0.3 is 15.2 Å². The largest absolute Gasteiger partial charge is 0.497 e. The van der Waals surface area contributed by atoms with Crippen LogP contribution in [0.1, 0.15) is 29.3 Å². The number of aliphatic carboxylic acids is 1. The Morgan fingerprint density at radius 3 is 2.42 bits per heavy atom. The molecule has 33 heavy (non-hydrogen) atoms. The van der Waals surface area contributed by atoms with E-state index in [0.29, 0.717) is 11.3 Å². The van der Waals surface area contributed by atoms with Gasteiger partial charge in [-0.05, 0) is 42.3 Å². The number of carboxylic acids is 1. The number of methoxy groups -OCH3 is 1. The summed E-state index contributed by atoms with van der Waals surface area (Å²) >= 11 is 0. The Hall–Kier alpha value is -4.14. The van der Waals surface area contributed by atoms with Crippen LogP contribution in [-0.2, 0) is 24.9 Å². The molecule has 0 fully saturated rings. The molecule has 1 heterocycles. The lowest BCUT2D eigenvalue weighted by atomic mass is 10.1. The molecule has 3 rings (SSSR count). The first-order chi connectivity index (χ1) is 15.8. The third kappa shape index (κ3) is 5.03. The first kappa shape index (κ1) is 23.5. The van der Waals surface area contributed by atoms with E-state index in [0.717, 1.165) is 10.1 Å². The molecule has 9 heteroatoms. The van der Waals surface area contributed by atoms with Crippen LogP contribution in [0.25, 0.3) is 10.9 Å². The summed E-state index contributed by atoms with van der Waals surface area (Å²) in [4.78, 5) is 49.6. The minimum Gasteiger partial charge on any atom is -0.497 e. The molecule has 2 N–H and O–H groups in total. The molecular weight excluding hydrogens is 426 g/mol. The minimum absolute atomic E-state index is 0.107. The molecule has 1 aromatic heterocycles. The number of benzene rings is 2. The van der Waals surface area contributed by atoms with Crippen molar-refractivity contribution in [3.8, 4) is 5.75 Å². The first-order valence-corrected chi connectivity index (χ1v) is 10.3. The number of hydrogen-bond donors (Lipinski definition) is 2. The van der Waals surface area contributed by atoms with Crippen molar-refractivity contribution >= 4 is 22.8 Å². The zero-order valence-corrected chi connectivity index (χ0v) is 18.6. The fourth-order valence-corrected chi connectivity index (χ4v) is 3.43. The van der Waals surface area contributed by atoms with E-state index in [1.165, 1.54) is 23.8 Å². The minimum atomic E-state index is -1.10. The van der Waals surface area contributed by atoms with Crippen molar-refractivity contribution in [3.05, 3.63) is 86.1 Å². The van der Waals surface area contributed by atoms with Gasteiger partial charge in [0.05, 0.1) is 18.0 Å². The highest BCUT2D eigenvalue weighted by Crippen LogP contribution is 2.13. The fraction of sp³-hybridized carbons (Fsp3) is 0.250. The van der Waals surface area contributed by atoms with Crippen LogP contribution < -0.4 is 21.3 Å². The summed E-state index contributed by atoms with van der Waals surface area (Å²) in [6.07, 6.45) is 1.61. The zero-order valence-electron chi connectivity index (χ0n) is 18.6. The number of aromatic nitrogens is 2. The number of rotatable bonds is 8. The van der Waals surface area contributed by atoms with E-state index in [2.05, 4.69) is 5.32 Å². The van der Waals surface area contributed by atoms with Crippen molar-refractivity contribution in [2.45, 2.75) is 26.4 Å². The molecule has 0 unspecified atom stereocenters. The summed E-state index contributed by atoms with van der Waals surface area (Å²) < 4.78 is 7.38. The number of allylic oxidation sites excluding steroid dienone is 1. The van der Waals surface area contributed by atoms with Gasteiger partial charge in [-0.1, -0.05) is 25.1 Å². The number of carbonyl (C=O) groups is 2. The Morgan fingerprint density at radius 1 is 1.12 bits per heavy atom. The number of carbonyl (C=O) groups excluding carboxylic acids is 1. The maximum atomic E-state index is 13.0. The highest BCUT2D eigenvalue weighted by Gasteiger charge is 2.14. The monoisotopic (exact) mass is 451 g/mol. The summed E-state index contributed by atoms with van der Waals surface area (Å²) in [5.74, 6) is -0.753. The highest BCUT2D eigenvalue weighted by molar-refractivity contribution is 5.97. The van der Waals surface area contributed by atoms with E-state index in [-0.39, 0.29) is 41.9 Å². The Bertz CT molecular complexity index is 1350. The van der Waals surface area contributed by atoms with Gasteiger partial charge in [0.2, 0.25) is 0 Å². The molecular formula is C24H25N3O6. The van der Waals surface area contributed by atoms with Crippen molar-refractivity contribution in [1.82, 2.24) is 14.5 Å². The number of nitrogens with one attached hydrogen (secondary N) is 1. The molecule has 1 amide bonds. The van der Waals surface area contributed by atoms with Crippen LogP contribution in [0.3, 0.4) is 0 Å². The second-order valence-corrected chi connectivity index (χ2v) is 7.41. The molecule has 0 aliphatic carbocycles. The van der Waals surface area contributed by atoms with E-state index in [1.54, 1.807) is 38.3 Å². The van der Waals surface area contributed by atoms with Gasteiger partial charge in [0.1, 0.15) is 5.75 Å². The Morgan fingerprint density at radius 2 is 1.82 bits per heavy atom. The predicted octanol–water partition coefficient (Wildman–Crippen LogP) is 2.06. The number of ether oxygens (including phenoxy) is 1. The van der Waals surface area contributed by atoms with Crippen molar-refractivity contribution < 1.29 is 19.4 Å². The SMILES string of the molecule is CCC(=CCn1c(=O)c2cc(C(=O)NCc3ccc(OC)cc3)ccc2n(C)c1=O)C(=O)O. The van der Waals surface area contributed by atoms with Crippen molar-refractivity contribution in [1.29, 1.82) is 0 Å². The smallest absolute Gasteiger partial charge is 0.331 e. The van der Waals surface area contributed by atoms with Gasteiger partial charge in [0.15, 0.2) is 0 Å². The normalized spacial score (nSPS) is 11.4. The Balaban J connectivity index is 1.92. The lowest BCUT2D eigenvalue weighted by Gasteiger charge is -2.11. The number of fused-ring (bicyclic) bond motifs is 1. The molecule has 0 aliphatic heterocycles. The van der Waals surface area contributed by atoms with Crippen molar-refractivity contribution in [2.24, 2.45) is 7.05 Å². The topological polar surface area (TPSA) is 120 Å². The Kier molecular flexibility index (Phi) is 7.12. The van der Waals surface area contributed by atoms with E-state index in [9.17, 15) is 24.3 Å². The molecule has 0 spiro atoms. The van der Waals surface area contributed by atoms with Gasteiger partial charge in [-0.25, -0.2) is 9.59 Å².